The Kier molecular flexibility index (Phi) is 2.88. The molecule has 0 radical (unpaired) electrons. The van der Waals surface area contributed by atoms with Gasteiger partial charge in [-0.3, -0.25) is 4.79 Å². The van der Waals surface area contributed by atoms with Crippen LogP contribution < -0.4 is 9.47 Å². The van der Waals surface area contributed by atoms with E-state index in [2.05, 4.69) is 0 Å². The Morgan fingerprint density at radius 1 is 1.16 bits per heavy atom. The van der Waals surface area contributed by atoms with E-state index >= 15 is 0 Å². The zero-order chi connectivity index (χ0) is 13.5. The Balaban J connectivity index is 1.99. The van der Waals surface area contributed by atoms with Crippen molar-refractivity contribution in [1.82, 2.24) is 0 Å². The van der Waals surface area contributed by atoms with Crippen molar-refractivity contribution in [3.8, 4) is 11.5 Å². The van der Waals surface area contributed by atoms with Gasteiger partial charge in [0.1, 0.15) is 5.60 Å². The lowest BCUT2D eigenvalue weighted by molar-refractivity contribution is -0.190. The monoisotopic (exact) mass is 262 g/mol. The van der Waals surface area contributed by atoms with Crippen molar-refractivity contribution in [3.05, 3.63) is 23.8 Å². The van der Waals surface area contributed by atoms with Crippen LogP contribution in [0.3, 0.4) is 0 Å². The number of esters is 1. The number of fused-ring (bicyclic) bond motifs is 3. The second-order valence-corrected chi connectivity index (χ2v) is 5.26. The summed E-state index contributed by atoms with van der Waals surface area (Å²) in [6.45, 7) is 0. The SMILES string of the molecule is COc1ccc(C23CCC(CC2)C(=O)O3)cc1OC. The van der Waals surface area contributed by atoms with Crippen molar-refractivity contribution in [2.75, 3.05) is 14.2 Å². The summed E-state index contributed by atoms with van der Waals surface area (Å²) in [4.78, 5) is 11.8. The van der Waals surface area contributed by atoms with Gasteiger partial charge in [-0.05, 0) is 43.4 Å². The zero-order valence-electron chi connectivity index (χ0n) is 11.3. The van der Waals surface area contributed by atoms with E-state index in [0.29, 0.717) is 11.5 Å². The molecule has 2 saturated heterocycles. The lowest BCUT2D eigenvalue weighted by Gasteiger charge is -2.45. The first-order chi connectivity index (χ1) is 9.18. The Hall–Kier alpha value is -1.71. The molecule has 102 valence electrons. The topological polar surface area (TPSA) is 44.8 Å². The summed E-state index contributed by atoms with van der Waals surface area (Å²) >= 11 is 0. The van der Waals surface area contributed by atoms with Crippen LogP contribution in [0.2, 0.25) is 0 Å². The molecule has 2 aliphatic heterocycles. The first-order valence-corrected chi connectivity index (χ1v) is 6.64. The number of methoxy groups -OCH3 is 2. The van der Waals surface area contributed by atoms with Crippen LogP contribution in [0.15, 0.2) is 18.2 Å². The quantitative estimate of drug-likeness (QED) is 0.785. The molecule has 1 aromatic rings. The second kappa shape index (κ2) is 4.44. The largest absolute Gasteiger partial charge is 0.493 e. The molecule has 1 aromatic carbocycles. The Morgan fingerprint density at radius 3 is 2.42 bits per heavy atom. The molecule has 0 amide bonds. The number of ether oxygens (including phenoxy) is 3. The van der Waals surface area contributed by atoms with Crippen molar-refractivity contribution in [3.63, 3.8) is 0 Å². The van der Waals surface area contributed by atoms with E-state index in [0.717, 1.165) is 31.2 Å². The normalized spacial score (nSPS) is 28.9. The van der Waals surface area contributed by atoms with Gasteiger partial charge in [-0.2, -0.15) is 0 Å². The number of carbonyl (C=O) groups is 1. The van der Waals surface area contributed by atoms with Crippen LogP contribution in [0.1, 0.15) is 31.2 Å². The molecular weight excluding hydrogens is 244 g/mol. The van der Waals surface area contributed by atoms with E-state index in [9.17, 15) is 4.79 Å². The van der Waals surface area contributed by atoms with Gasteiger partial charge in [-0.1, -0.05) is 6.07 Å². The molecule has 4 nitrogen and oxygen atoms in total. The molecule has 2 heterocycles. The maximum atomic E-state index is 11.8. The maximum absolute atomic E-state index is 11.8. The number of hydrogen-bond acceptors (Lipinski definition) is 4. The lowest BCUT2D eigenvalue weighted by atomic mass is 9.72. The molecule has 0 atom stereocenters. The third-order valence-corrected chi connectivity index (χ3v) is 4.33. The minimum Gasteiger partial charge on any atom is -0.493 e. The Labute approximate surface area is 112 Å². The van der Waals surface area contributed by atoms with Gasteiger partial charge in [0.2, 0.25) is 0 Å². The highest BCUT2D eigenvalue weighted by molar-refractivity contribution is 5.75. The van der Waals surface area contributed by atoms with Gasteiger partial charge < -0.3 is 14.2 Å². The van der Waals surface area contributed by atoms with Crippen molar-refractivity contribution in [1.29, 1.82) is 0 Å². The molecule has 1 aliphatic carbocycles. The van der Waals surface area contributed by atoms with Crippen LogP contribution in [0.5, 0.6) is 11.5 Å². The van der Waals surface area contributed by atoms with E-state index in [1.165, 1.54) is 0 Å². The summed E-state index contributed by atoms with van der Waals surface area (Å²) in [6.07, 6.45) is 3.65. The van der Waals surface area contributed by atoms with E-state index in [1.807, 2.05) is 18.2 Å². The van der Waals surface area contributed by atoms with Crippen LogP contribution in [-0.4, -0.2) is 20.2 Å². The number of hydrogen-bond donors (Lipinski definition) is 0. The van der Waals surface area contributed by atoms with E-state index in [4.69, 9.17) is 14.2 Å². The van der Waals surface area contributed by atoms with Gasteiger partial charge in [-0.25, -0.2) is 0 Å². The summed E-state index contributed by atoms with van der Waals surface area (Å²) in [5.74, 6) is 1.44. The highest BCUT2D eigenvalue weighted by Gasteiger charge is 2.48. The van der Waals surface area contributed by atoms with E-state index in [1.54, 1.807) is 14.2 Å². The smallest absolute Gasteiger partial charge is 0.309 e. The van der Waals surface area contributed by atoms with Crippen molar-refractivity contribution >= 4 is 5.97 Å². The molecule has 3 aliphatic rings. The molecule has 1 saturated carbocycles. The summed E-state index contributed by atoms with van der Waals surface area (Å²) < 4.78 is 16.3. The third kappa shape index (κ3) is 1.86. The fourth-order valence-corrected chi connectivity index (χ4v) is 3.16. The van der Waals surface area contributed by atoms with E-state index < -0.39 is 5.60 Å². The highest BCUT2D eigenvalue weighted by atomic mass is 16.6. The first-order valence-electron chi connectivity index (χ1n) is 6.64. The van der Waals surface area contributed by atoms with Crippen molar-refractivity contribution in [2.24, 2.45) is 5.92 Å². The van der Waals surface area contributed by atoms with Gasteiger partial charge >= 0.3 is 5.97 Å². The van der Waals surface area contributed by atoms with Crippen LogP contribution >= 0.6 is 0 Å². The van der Waals surface area contributed by atoms with Gasteiger partial charge in [0.15, 0.2) is 11.5 Å². The van der Waals surface area contributed by atoms with Crippen LogP contribution in [0, 0.1) is 5.92 Å². The molecule has 0 N–H and O–H groups in total. The average Bonchev–Trinajstić information content (AvgIpc) is 2.47. The van der Waals surface area contributed by atoms with Gasteiger partial charge in [-0.15, -0.1) is 0 Å². The lowest BCUT2D eigenvalue weighted by Crippen LogP contribution is -2.45. The van der Waals surface area contributed by atoms with Gasteiger partial charge in [0, 0.05) is 0 Å². The predicted molar refractivity (Wildman–Crippen MR) is 69.3 cm³/mol. The molecule has 0 unspecified atom stereocenters. The molecule has 0 spiro atoms. The first kappa shape index (κ1) is 12.3. The molecule has 19 heavy (non-hydrogen) atoms. The number of carbonyl (C=O) groups excluding carboxylic acids is 1. The summed E-state index contributed by atoms with van der Waals surface area (Å²) in [7, 11) is 3.23. The highest BCUT2D eigenvalue weighted by Crippen LogP contribution is 2.49. The molecule has 4 rings (SSSR count). The summed E-state index contributed by atoms with van der Waals surface area (Å²) in [6, 6.07) is 5.77. The van der Waals surface area contributed by atoms with Crippen LogP contribution in [0.4, 0.5) is 0 Å². The molecule has 2 bridgehead atoms. The molecule has 4 heteroatoms. The third-order valence-electron chi connectivity index (χ3n) is 4.33. The number of rotatable bonds is 3. The standard InChI is InChI=1S/C15H18O4/c1-17-12-4-3-11(9-13(12)18-2)15-7-5-10(6-8-15)14(16)19-15/h3-4,9-10H,5-8H2,1-2H3. The van der Waals surface area contributed by atoms with E-state index in [-0.39, 0.29) is 11.9 Å². The summed E-state index contributed by atoms with van der Waals surface area (Å²) in [5.41, 5.74) is 0.558. The van der Waals surface area contributed by atoms with Crippen molar-refractivity contribution in [2.45, 2.75) is 31.3 Å². The molecular formula is C15H18O4. The minimum atomic E-state index is -0.453. The average molecular weight is 262 g/mol. The number of benzene rings is 1. The van der Waals surface area contributed by atoms with Gasteiger partial charge in [0.05, 0.1) is 20.1 Å². The second-order valence-electron chi connectivity index (χ2n) is 5.26. The van der Waals surface area contributed by atoms with Crippen LogP contribution in [0.25, 0.3) is 0 Å². The maximum Gasteiger partial charge on any atom is 0.309 e. The van der Waals surface area contributed by atoms with Crippen molar-refractivity contribution < 1.29 is 19.0 Å². The summed E-state index contributed by atoms with van der Waals surface area (Å²) in [5, 5.41) is 0. The minimum absolute atomic E-state index is 0.0488. The van der Waals surface area contributed by atoms with Crippen LogP contribution in [-0.2, 0) is 15.1 Å². The Bertz CT molecular complexity index is 501. The van der Waals surface area contributed by atoms with Gasteiger partial charge in [0.25, 0.3) is 0 Å². The predicted octanol–water partition coefficient (Wildman–Crippen LogP) is 2.65. The Morgan fingerprint density at radius 2 is 1.84 bits per heavy atom. The fourth-order valence-electron chi connectivity index (χ4n) is 3.16. The molecule has 3 fully saturated rings. The molecule has 0 aromatic heterocycles. The fraction of sp³-hybridized carbons (Fsp3) is 0.533. The zero-order valence-corrected chi connectivity index (χ0v) is 11.3.